The summed E-state index contributed by atoms with van der Waals surface area (Å²) in [6.45, 7) is 4.01. The Bertz CT molecular complexity index is 163. The summed E-state index contributed by atoms with van der Waals surface area (Å²) < 4.78 is 0. The van der Waals surface area contributed by atoms with E-state index in [9.17, 15) is 4.79 Å². The summed E-state index contributed by atoms with van der Waals surface area (Å²) in [4.78, 5) is 14.8. The first kappa shape index (κ1) is 8.31. The van der Waals surface area contributed by atoms with Gasteiger partial charge in [0.1, 0.15) is 0 Å². The van der Waals surface area contributed by atoms with E-state index in [1.54, 1.807) is 11.0 Å². The first-order valence-electron chi connectivity index (χ1n) is 3.94. The third kappa shape index (κ3) is 2.74. The summed E-state index contributed by atoms with van der Waals surface area (Å²) in [7, 11) is 0. The topological polar surface area (TPSA) is 29.5 Å². The van der Waals surface area contributed by atoms with E-state index in [2.05, 4.69) is 6.92 Å². The van der Waals surface area contributed by atoms with Crippen molar-refractivity contribution in [3.8, 4) is 0 Å². The lowest BCUT2D eigenvalue weighted by molar-refractivity contribution is -0.124. The molecule has 0 aromatic carbocycles. The summed E-state index contributed by atoms with van der Waals surface area (Å²) in [5, 5.41) is 1.80. The molecule has 3 nitrogen and oxygen atoms in total. The number of piperidine rings is 1. The zero-order valence-corrected chi connectivity index (χ0v) is 6.75. The van der Waals surface area contributed by atoms with Crippen LogP contribution in [0.15, 0.2) is 6.26 Å². The van der Waals surface area contributed by atoms with Gasteiger partial charge in [0, 0.05) is 13.1 Å². The van der Waals surface area contributed by atoms with Gasteiger partial charge < -0.3 is 4.84 Å². The van der Waals surface area contributed by atoms with E-state index in [0.29, 0.717) is 5.92 Å². The van der Waals surface area contributed by atoms with Crippen molar-refractivity contribution >= 4 is 5.94 Å². The Morgan fingerprint density at radius 3 is 3.18 bits per heavy atom. The molecular weight excluding hydrogens is 142 g/mol. The van der Waals surface area contributed by atoms with E-state index >= 15 is 0 Å². The van der Waals surface area contributed by atoms with Gasteiger partial charge in [-0.2, -0.15) is 0 Å². The predicted molar refractivity (Wildman–Crippen MR) is 41.3 cm³/mol. The number of hydroxylamine groups is 2. The Kier molecular flexibility index (Phi) is 3.14. The lowest BCUT2D eigenvalue weighted by Crippen LogP contribution is -2.32. The quantitative estimate of drug-likeness (QED) is 0.440. The minimum Gasteiger partial charge on any atom is -0.402 e. The van der Waals surface area contributed by atoms with Crippen LogP contribution in [0.3, 0.4) is 0 Å². The lowest BCUT2D eigenvalue weighted by Gasteiger charge is -2.28. The first-order valence-corrected chi connectivity index (χ1v) is 3.94. The molecule has 11 heavy (non-hydrogen) atoms. The van der Waals surface area contributed by atoms with Crippen LogP contribution in [0.4, 0.5) is 0 Å². The van der Waals surface area contributed by atoms with Crippen LogP contribution in [0.2, 0.25) is 0 Å². The Morgan fingerprint density at radius 2 is 2.55 bits per heavy atom. The Morgan fingerprint density at radius 1 is 1.73 bits per heavy atom. The molecule has 1 heterocycles. The highest BCUT2D eigenvalue weighted by atomic mass is 16.7. The van der Waals surface area contributed by atoms with E-state index < -0.39 is 0 Å². The van der Waals surface area contributed by atoms with Gasteiger partial charge in [-0.15, -0.1) is 5.06 Å². The lowest BCUT2D eigenvalue weighted by atomic mass is 10.0. The maximum Gasteiger partial charge on any atom is 0.194 e. The Balaban J connectivity index is 2.27. The van der Waals surface area contributed by atoms with Crippen LogP contribution >= 0.6 is 0 Å². The molecule has 0 saturated carbocycles. The molecule has 1 aliphatic rings. The van der Waals surface area contributed by atoms with Crippen LogP contribution in [0.25, 0.3) is 0 Å². The van der Waals surface area contributed by atoms with Crippen molar-refractivity contribution in [3.05, 3.63) is 6.26 Å². The zero-order valence-electron chi connectivity index (χ0n) is 6.75. The van der Waals surface area contributed by atoms with Crippen LogP contribution in [-0.2, 0) is 9.63 Å². The molecule has 0 aliphatic carbocycles. The van der Waals surface area contributed by atoms with E-state index in [0.717, 1.165) is 25.8 Å². The molecule has 62 valence electrons. The third-order valence-electron chi connectivity index (χ3n) is 1.87. The fourth-order valence-corrected chi connectivity index (χ4v) is 1.34. The fraction of sp³-hybridized carbons (Fsp3) is 0.750. The van der Waals surface area contributed by atoms with Crippen molar-refractivity contribution in [2.45, 2.75) is 19.8 Å². The third-order valence-corrected chi connectivity index (χ3v) is 1.87. The van der Waals surface area contributed by atoms with Crippen molar-refractivity contribution in [2.24, 2.45) is 5.92 Å². The van der Waals surface area contributed by atoms with E-state index in [-0.39, 0.29) is 0 Å². The van der Waals surface area contributed by atoms with Gasteiger partial charge in [-0.05, 0) is 18.8 Å². The number of hydrogen-bond acceptors (Lipinski definition) is 3. The highest BCUT2D eigenvalue weighted by Crippen LogP contribution is 2.15. The second-order valence-electron chi connectivity index (χ2n) is 2.98. The molecule has 1 atom stereocenters. The molecular formula is C8H13NO2. The molecule has 1 unspecified atom stereocenters. The van der Waals surface area contributed by atoms with E-state index in [4.69, 9.17) is 4.84 Å². The second-order valence-corrected chi connectivity index (χ2v) is 2.98. The van der Waals surface area contributed by atoms with Gasteiger partial charge in [0.2, 0.25) is 0 Å². The second kappa shape index (κ2) is 4.16. The highest BCUT2D eigenvalue weighted by molar-refractivity contribution is 5.42. The van der Waals surface area contributed by atoms with Gasteiger partial charge >= 0.3 is 0 Å². The number of hydrogen-bond donors (Lipinski definition) is 0. The van der Waals surface area contributed by atoms with Crippen LogP contribution in [0.5, 0.6) is 0 Å². The number of rotatable bonds is 2. The van der Waals surface area contributed by atoms with Crippen molar-refractivity contribution in [3.63, 3.8) is 0 Å². The molecule has 0 spiro atoms. The fourth-order valence-electron chi connectivity index (χ4n) is 1.34. The molecule has 0 aromatic heterocycles. The standard InChI is InChI=1S/C8H13NO2/c1-8-3-2-4-9(7-8)11-6-5-10/h6,8H,2-4,7H2,1H3. The molecule has 1 rings (SSSR count). The van der Waals surface area contributed by atoms with Crippen LogP contribution in [-0.4, -0.2) is 24.1 Å². The van der Waals surface area contributed by atoms with Crippen molar-refractivity contribution in [2.75, 3.05) is 13.1 Å². The van der Waals surface area contributed by atoms with Gasteiger partial charge in [-0.3, -0.25) is 0 Å². The average Bonchev–Trinajstić information content (AvgIpc) is 2.01. The van der Waals surface area contributed by atoms with Crippen molar-refractivity contribution in [1.29, 1.82) is 0 Å². The van der Waals surface area contributed by atoms with E-state index in [1.807, 2.05) is 0 Å². The van der Waals surface area contributed by atoms with Crippen LogP contribution in [0, 0.1) is 5.92 Å². The SMILES string of the molecule is CC1CCCN(OC=C=O)C1. The van der Waals surface area contributed by atoms with Crippen LogP contribution in [0.1, 0.15) is 19.8 Å². The predicted octanol–water partition coefficient (Wildman–Crippen LogP) is 0.995. The summed E-state index contributed by atoms with van der Waals surface area (Å²) in [6, 6.07) is 0. The Labute approximate surface area is 66.6 Å². The first-order chi connectivity index (χ1) is 5.33. The maximum atomic E-state index is 9.80. The van der Waals surface area contributed by atoms with Gasteiger partial charge in [0.15, 0.2) is 12.2 Å². The van der Waals surface area contributed by atoms with Gasteiger partial charge in [0.25, 0.3) is 0 Å². The molecule has 1 aliphatic heterocycles. The monoisotopic (exact) mass is 155 g/mol. The summed E-state index contributed by atoms with van der Waals surface area (Å²) >= 11 is 0. The summed E-state index contributed by atoms with van der Waals surface area (Å²) in [6.07, 6.45) is 3.47. The number of nitrogens with zero attached hydrogens (tertiary/aromatic N) is 1. The molecule has 0 N–H and O–H groups in total. The molecule has 1 saturated heterocycles. The molecule has 0 bridgehead atoms. The van der Waals surface area contributed by atoms with Crippen LogP contribution < -0.4 is 0 Å². The molecule has 0 amide bonds. The smallest absolute Gasteiger partial charge is 0.194 e. The van der Waals surface area contributed by atoms with E-state index in [1.165, 1.54) is 6.42 Å². The van der Waals surface area contributed by atoms with Gasteiger partial charge in [-0.1, -0.05) is 6.92 Å². The average molecular weight is 155 g/mol. The molecule has 0 aromatic rings. The molecule has 1 fully saturated rings. The Hall–Kier alpha value is -0.790. The van der Waals surface area contributed by atoms with Crippen molar-refractivity contribution < 1.29 is 9.63 Å². The minimum absolute atomic E-state index is 0.670. The zero-order chi connectivity index (χ0) is 8.10. The minimum atomic E-state index is 0.670. The normalized spacial score (nSPS) is 25.7. The van der Waals surface area contributed by atoms with Gasteiger partial charge in [-0.25, -0.2) is 4.79 Å². The summed E-state index contributed by atoms with van der Waals surface area (Å²) in [5.74, 6) is 2.26. The molecule has 0 radical (unpaired) electrons. The number of carbonyl (C=O) groups excluding carboxylic acids is 1. The highest BCUT2D eigenvalue weighted by Gasteiger charge is 2.15. The van der Waals surface area contributed by atoms with Gasteiger partial charge in [0.05, 0.1) is 0 Å². The largest absolute Gasteiger partial charge is 0.402 e. The molecule has 3 heteroatoms. The summed E-state index contributed by atoms with van der Waals surface area (Å²) in [5.41, 5.74) is 0. The van der Waals surface area contributed by atoms with Crippen molar-refractivity contribution in [1.82, 2.24) is 5.06 Å². The maximum absolute atomic E-state index is 9.80.